The number of carbonyl (C=O) groups is 2. The first kappa shape index (κ1) is 30.7. The summed E-state index contributed by atoms with van der Waals surface area (Å²) in [7, 11) is 0. The maximum Gasteiger partial charge on any atom is 0.435 e. The average Bonchev–Trinajstić information content (AvgIpc) is 3.22. The third kappa shape index (κ3) is 8.16. The average molecular weight is 591 g/mol. The number of amides is 1. The van der Waals surface area contributed by atoms with Crippen LogP contribution in [0.2, 0.25) is 5.15 Å². The van der Waals surface area contributed by atoms with Crippen molar-refractivity contribution in [1.29, 1.82) is 0 Å². The van der Waals surface area contributed by atoms with Crippen LogP contribution in [-0.4, -0.2) is 50.5 Å². The predicted molar refractivity (Wildman–Crippen MR) is 164 cm³/mol. The molecule has 0 fully saturated rings. The SMILES string of the molecule is Cc1nn(C(=O)OC(C)(C)C)c2ccc(-c3cc(OC/C(Cc4ccccc4)=N\C(=O)OC(C)(C)C)cnc3Cl)cc12. The van der Waals surface area contributed by atoms with Crippen LogP contribution in [0.4, 0.5) is 9.59 Å². The molecule has 10 heteroatoms. The first-order valence-electron chi connectivity index (χ1n) is 13.5. The van der Waals surface area contributed by atoms with E-state index in [4.69, 9.17) is 25.8 Å². The van der Waals surface area contributed by atoms with Crippen molar-refractivity contribution in [3.8, 4) is 16.9 Å². The van der Waals surface area contributed by atoms with Gasteiger partial charge in [0, 0.05) is 17.4 Å². The largest absolute Gasteiger partial charge is 0.486 e. The molecule has 2 heterocycles. The molecular weight excluding hydrogens is 556 g/mol. The van der Waals surface area contributed by atoms with E-state index < -0.39 is 23.4 Å². The number of aryl methyl sites for hydroxylation is 1. The van der Waals surface area contributed by atoms with Crippen LogP contribution in [-0.2, 0) is 15.9 Å². The fourth-order valence-electron chi connectivity index (χ4n) is 4.13. The number of carbonyl (C=O) groups excluding carboxylic acids is 2. The van der Waals surface area contributed by atoms with Crippen LogP contribution in [0.3, 0.4) is 0 Å². The van der Waals surface area contributed by atoms with E-state index in [1.54, 1.807) is 53.7 Å². The van der Waals surface area contributed by atoms with E-state index in [0.29, 0.717) is 34.7 Å². The van der Waals surface area contributed by atoms with Crippen LogP contribution in [0.15, 0.2) is 65.8 Å². The number of nitrogens with zero attached hydrogens (tertiary/aromatic N) is 4. The van der Waals surface area contributed by atoms with Crippen LogP contribution < -0.4 is 4.74 Å². The zero-order chi connectivity index (χ0) is 30.7. The summed E-state index contributed by atoms with van der Waals surface area (Å²) in [6, 6.07) is 17.0. The Morgan fingerprint density at radius 2 is 1.64 bits per heavy atom. The predicted octanol–water partition coefficient (Wildman–Crippen LogP) is 7.84. The Bertz CT molecular complexity index is 1630. The van der Waals surface area contributed by atoms with Crippen molar-refractivity contribution < 1.29 is 23.8 Å². The minimum atomic E-state index is -0.678. The summed E-state index contributed by atoms with van der Waals surface area (Å²) in [6.45, 7) is 12.6. The first-order valence-corrected chi connectivity index (χ1v) is 13.9. The van der Waals surface area contributed by atoms with Gasteiger partial charge < -0.3 is 14.2 Å². The summed E-state index contributed by atoms with van der Waals surface area (Å²) in [5.41, 5.74) is 2.84. The van der Waals surface area contributed by atoms with Gasteiger partial charge in [0.25, 0.3) is 0 Å². The lowest BCUT2D eigenvalue weighted by molar-refractivity contribution is 0.0520. The summed E-state index contributed by atoms with van der Waals surface area (Å²) in [6.07, 6.45) is 0.695. The fraction of sp³-hybridized carbons (Fsp3) is 0.344. The molecule has 0 radical (unpaired) electrons. The number of ether oxygens (including phenoxy) is 3. The van der Waals surface area contributed by atoms with Crippen molar-refractivity contribution >= 4 is 40.4 Å². The molecule has 0 N–H and O–H groups in total. The molecule has 2 aromatic heterocycles. The molecule has 0 aliphatic carbocycles. The lowest BCUT2D eigenvalue weighted by Crippen LogP contribution is -2.27. The van der Waals surface area contributed by atoms with Gasteiger partial charge in [0.15, 0.2) is 0 Å². The van der Waals surface area contributed by atoms with E-state index in [2.05, 4.69) is 15.1 Å². The van der Waals surface area contributed by atoms with Crippen molar-refractivity contribution in [3.05, 3.63) is 77.2 Å². The van der Waals surface area contributed by atoms with Crippen molar-refractivity contribution in [2.75, 3.05) is 6.61 Å². The quantitative estimate of drug-likeness (QED) is 0.166. The van der Waals surface area contributed by atoms with Gasteiger partial charge in [-0.3, -0.25) is 0 Å². The molecule has 4 aromatic rings. The van der Waals surface area contributed by atoms with Gasteiger partial charge in [-0.25, -0.2) is 14.6 Å². The fourth-order valence-corrected chi connectivity index (χ4v) is 4.34. The van der Waals surface area contributed by atoms with Gasteiger partial charge in [0.2, 0.25) is 0 Å². The van der Waals surface area contributed by atoms with Gasteiger partial charge >= 0.3 is 12.2 Å². The summed E-state index contributed by atoms with van der Waals surface area (Å²) in [5, 5.41) is 5.45. The highest BCUT2D eigenvalue weighted by molar-refractivity contribution is 6.32. The summed E-state index contributed by atoms with van der Waals surface area (Å²) in [5.74, 6) is 0.445. The van der Waals surface area contributed by atoms with Crippen LogP contribution >= 0.6 is 11.6 Å². The monoisotopic (exact) mass is 590 g/mol. The molecule has 0 saturated heterocycles. The number of hydrogen-bond donors (Lipinski definition) is 0. The highest BCUT2D eigenvalue weighted by atomic mass is 35.5. The molecule has 0 aliphatic heterocycles. The topological polar surface area (TPSA) is 105 Å². The van der Waals surface area contributed by atoms with Gasteiger partial charge in [-0.2, -0.15) is 14.8 Å². The highest BCUT2D eigenvalue weighted by Gasteiger charge is 2.22. The molecule has 0 saturated carbocycles. The number of fused-ring (bicyclic) bond motifs is 1. The Hall–Kier alpha value is -4.24. The summed E-state index contributed by atoms with van der Waals surface area (Å²) < 4.78 is 18.2. The zero-order valence-corrected chi connectivity index (χ0v) is 25.7. The van der Waals surface area contributed by atoms with Gasteiger partial charge in [-0.1, -0.05) is 48.0 Å². The number of halogens is 1. The molecule has 9 nitrogen and oxygen atoms in total. The van der Waals surface area contributed by atoms with Gasteiger partial charge in [0.05, 0.1) is 23.1 Å². The number of rotatable bonds is 6. The molecule has 4 rings (SSSR count). The lowest BCUT2D eigenvalue weighted by atomic mass is 10.0. The number of hydrogen-bond acceptors (Lipinski definition) is 7. The van der Waals surface area contributed by atoms with Crippen LogP contribution in [0, 0.1) is 6.92 Å². The second-order valence-electron chi connectivity index (χ2n) is 11.8. The maximum absolute atomic E-state index is 12.7. The molecule has 0 spiro atoms. The van der Waals surface area contributed by atoms with E-state index >= 15 is 0 Å². The highest BCUT2D eigenvalue weighted by Crippen LogP contribution is 2.33. The Kier molecular flexibility index (Phi) is 9.01. The molecule has 0 aliphatic rings. The third-order valence-corrected chi connectivity index (χ3v) is 6.16. The third-order valence-electron chi connectivity index (χ3n) is 5.86. The minimum Gasteiger partial charge on any atom is -0.486 e. The number of pyridine rings is 1. The van der Waals surface area contributed by atoms with Crippen LogP contribution in [0.25, 0.3) is 22.0 Å². The molecule has 0 unspecified atom stereocenters. The van der Waals surface area contributed by atoms with Crippen molar-refractivity contribution in [2.45, 2.75) is 66.1 Å². The normalized spacial score (nSPS) is 12.3. The molecule has 0 bridgehead atoms. The van der Waals surface area contributed by atoms with E-state index in [9.17, 15) is 9.59 Å². The van der Waals surface area contributed by atoms with Crippen LogP contribution in [0.1, 0.15) is 52.8 Å². The molecule has 42 heavy (non-hydrogen) atoms. The second kappa shape index (κ2) is 12.3. The molecule has 1 amide bonds. The standard InChI is InChI=1S/C32H35ClN4O5/c1-20-25-16-22(13-14-27(25)37(36-20)30(39)42-32(5,6)7)26-17-24(18-34-28(26)33)40-19-23(15-21-11-9-8-10-12-21)35-29(38)41-31(2,3)4/h8-14,16-18H,15,19H2,1-7H3/b35-23-. The Morgan fingerprint density at radius 3 is 2.31 bits per heavy atom. The maximum atomic E-state index is 12.7. The van der Waals surface area contributed by atoms with E-state index in [0.717, 1.165) is 16.5 Å². The minimum absolute atomic E-state index is 0.0394. The Morgan fingerprint density at radius 1 is 0.952 bits per heavy atom. The lowest BCUT2D eigenvalue weighted by Gasteiger charge is -2.19. The Balaban J connectivity index is 1.59. The number of benzene rings is 2. The van der Waals surface area contributed by atoms with E-state index in [1.165, 1.54) is 10.9 Å². The van der Waals surface area contributed by atoms with E-state index in [1.807, 2.05) is 49.4 Å². The Labute approximate surface area is 250 Å². The first-order chi connectivity index (χ1) is 19.7. The smallest absolute Gasteiger partial charge is 0.435 e. The van der Waals surface area contributed by atoms with Crippen LogP contribution in [0.5, 0.6) is 5.75 Å². The second-order valence-corrected chi connectivity index (χ2v) is 12.2. The summed E-state index contributed by atoms with van der Waals surface area (Å²) in [4.78, 5) is 33.7. The van der Waals surface area contributed by atoms with Gasteiger partial charge in [-0.05, 0) is 77.8 Å². The molecule has 2 aromatic carbocycles. The van der Waals surface area contributed by atoms with Gasteiger partial charge in [-0.15, -0.1) is 0 Å². The zero-order valence-electron chi connectivity index (χ0n) is 24.9. The van der Waals surface area contributed by atoms with Crippen molar-refractivity contribution in [3.63, 3.8) is 0 Å². The van der Waals surface area contributed by atoms with Crippen molar-refractivity contribution in [2.24, 2.45) is 4.99 Å². The summed E-state index contributed by atoms with van der Waals surface area (Å²) >= 11 is 6.50. The van der Waals surface area contributed by atoms with E-state index in [-0.39, 0.29) is 11.8 Å². The molecule has 220 valence electrons. The molecular formula is C32H35ClN4O5. The van der Waals surface area contributed by atoms with Crippen molar-refractivity contribution in [1.82, 2.24) is 14.8 Å². The number of aliphatic imine (C=N–C) groups is 1. The number of aromatic nitrogens is 3. The van der Waals surface area contributed by atoms with Gasteiger partial charge in [0.1, 0.15) is 28.7 Å². The molecule has 0 atom stereocenters.